The Bertz CT molecular complexity index is 640. The molecule has 0 aliphatic heterocycles. The zero-order chi connectivity index (χ0) is 15.4. The van der Waals surface area contributed by atoms with E-state index in [1.54, 1.807) is 0 Å². The molecule has 0 radical (unpaired) electrons. The second-order valence-corrected chi connectivity index (χ2v) is 5.75. The monoisotopic (exact) mass is 279 g/mol. The van der Waals surface area contributed by atoms with Crippen LogP contribution in [0.1, 0.15) is 47.7 Å². The van der Waals surface area contributed by atoms with Gasteiger partial charge in [0.1, 0.15) is 0 Å². The van der Waals surface area contributed by atoms with Gasteiger partial charge in [-0.2, -0.15) is 0 Å². The molecule has 0 amide bonds. The summed E-state index contributed by atoms with van der Waals surface area (Å²) < 4.78 is 0. The fraction of sp³-hybridized carbons (Fsp3) is 0.300. The molecule has 0 aromatic heterocycles. The topological polar surface area (TPSA) is 12.0 Å². The highest BCUT2D eigenvalue weighted by molar-refractivity contribution is 5.63. The standard InChI is InChI=1S/C20H25N/c1-6-18-13-20(11-10-15(18)3)17(5)21-16(4)19-9-7-8-14(2)12-19/h7-13,16,21H,5-6H2,1-4H3. The van der Waals surface area contributed by atoms with Crippen molar-refractivity contribution in [3.05, 3.63) is 76.9 Å². The lowest BCUT2D eigenvalue weighted by Gasteiger charge is -2.19. The summed E-state index contributed by atoms with van der Waals surface area (Å²) in [5.41, 5.74) is 7.48. The van der Waals surface area contributed by atoms with E-state index in [0.717, 1.165) is 12.1 Å². The van der Waals surface area contributed by atoms with Gasteiger partial charge in [-0.15, -0.1) is 0 Å². The summed E-state index contributed by atoms with van der Waals surface area (Å²) in [6, 6.07) is 15.4. The third kappa shape index (κ3) is 3.75. The van der Waals surface area contributed by atoms with Crippen molar-refractivity contribution in [2.24, 2.45) is 0 Å². The van der Waals surface area contributed by atoms with Crippen LogP contribution in [0.4, 0.5) is 0 Å². The summed E-state index contributed by atoms with van der Waals surface area (Å²) in [4.78, 5) is 0. The second kappa shape index (κ2) is 6.62. The highest BCUT2D eigenvalue weighted by Gasteiger charge is 2.08. The molecule has 0 saturated carbocycles. The molecule has 0 heterocycles. The van der Waals surface area contributed by atoms with Gasteiger partial charge in [-0.25, -0.2) is 0 Å². The van der Waals surface area contributed by atoms with Crippen LogP contribution >= 0.6 is 0 Å². The van der Waals surface area contributed by atoms with Crippen LogP contribution < -0.4 is 5.32 Å². The molecule has 1 nitrogen and oxygen atoms in total. The molecule has 0 bridgehead atoms. The summed E-state index contributed by atoms with van der Waals surface area (Å²) >= 11 is 0. The summed E-state index contributed by atoms with van der Waals surface area (Å²) in [6.07, 6.45) is 1.06. The number of hydrogen-bond donors (Lipinski definition) is 1. The summed E-state index contributed by atoms with van der Waals surface area (Å²) in [7, 11) is 0. The minimum absolute atomic E-state index is 0.253. The van der Waals surface area contributed by atoms with E-state index in [1.807, 2.05) is 0 Å². The molecule has 1 N–H and O–H groups in total. The molecule has 1 heteroatoms. The van der Waals surface area contributed by atoms with E-state index in [4.69, 9.17) is 0 Å². The summed E-state index contributed by atoms with van der Waals surface area (Å²) in [5.74, 6) is 0. The highest BCUT2D eigenvalue weighted by Crippen LogP contribution is 2.21. The minimum Gasteiger partial charge on any atom is -0.379 e. The van der Waals surface area contributed by atoms with Crippen LogP contribution in [0.2, 0.25) is 0 Å². The number of aryl methyl sites for hydroxylation is 3. The van der Waals surface area contributed by atoms with Gasteiger partial charge in [0.2, 0.25) is 0 Å². The first-order chi connectivity index (χ1) is 10.0. The lowest BCUT2D eigenvalue weighted by atomic mass is 10.0. The molecule has 0 spiro atoms. The minimum atomic E-state index is 0.253. The van der Waals surface area contributed by atoms with Crippen molar-refractivity contribution in [1.82, 2.24) is 5.32 Å². The average Bonchev–Trinajstić information content (AvgIpc) is 2.47. The molecule has 0 saturated heterocycles. The molecule has 1 unspecified atom stereocenters. The van der Waals surface area contributed by atoms with E-state index in [0.29, 0.717) is 0 Å². The van der Waals surface area contributed by atoms with Crippen LogP contribution in [0.3, 0.4) is 0 Å². The summed E-state index contributed by atoms with van der Waals surface area (Å²) in [5, 5.41) is 3.52. The van der Waals surface area contributed by atoms with Gasteiger partial charge in [0.25, 0.3) is 0 Å². The Hall–Kier alpha value is -2.02. The number of nitrogens with one attached hydrogen (secondary N) is 1. The summed E-state index contributed by atoms with van der Waals surface area (Å²) in [6.45, 7) is 12.9. The van der Waals surface area contributed by atoms with E-state index in [9.17, 15) is 0 Å². The molecule has 1 atom stereocenters. The molecule has 110 valence electrons. The van der Waals surface area contributed by atoms with Crippen LogP contribution in [0, 0.1) is 13.8 Å². The third-order valence-corrected chi connectivity index (χ3v) is 4.01. The first-order valence-corrected chi connectivity index (χ1v) is 7.63. The first kappa shape index (κ1) is 15.4. The van der Waals surface area contributed by atoms with Crippen LogP contribution in [0.25, 0.3) is 5.70 Å². The molecular weight excluding hydrogens is 254 g/mol. The van der Waals surface area contributed by atoms with Gasteiger partial charge in [-0.1, -0.05) is 55.5 Å². The molecule has 0 fully saturated rings. The maximum Gasteiger partial charge on any atom is 0.0485 e. The maximum absolute atomic E-state index is 4.21. The maximum atomic E-state index is 4.21. The molecule has 0 aliphatic rings. The fourth-order valence-corrected chi connectivity index (χ4v) is 2.61. The van der Waals surface area contributed by atoms with Crippen LogP contribution in [0.5, 0.6) is 0 Å². The van der Waals surface area contributed by atoms with Gasteiger partial charge in [0.05, 0.1) is 0 Å². The van der Waals surface area contributed by atoms with Gasteiger partial charge in [-0.3, -0.25) is 0 Å². The predicted molar refractivity (Wildman–Crippen MR) is 92.3 cm³/mol. The van der Waals surface area contributed by atoms with Gasteiger partial charge in [0.15, 0.2) is 0 Å². The van der Waals surface area contributed by atoms with E-state index in [1.165, 1.54) is 27.8 Å². The Morgan fingerprint density at radius 2 is 1.90 bits per heavy atom. The van der Waals surface area contributed by atoms with Crippen molar-refractivity contribution in [2.45, 2.75) is 40.2 Å². The molecule has 2 aromatic carbocycles. The normalized spacial score (nSPS) is 12.0. The quantitative estimate of drug-likeness (QED) is 0.794. The van der Waals surface area contributed by atoms with Crippen molar-refractivity contribution in [1.29, 1.82) is 0 Å². The SMILES string of the molecule is C=C(NC(C)c1cccc(C)c1)c1ccc(C)c(CC)c1. The number of benzene rings is 2. The Morgan fingerprint density at radius 3 is 2.57 bits per heavy atom. The lowest BCUT2D eigenvalue weighted by Crippen LogP contribution is -2.16. The van der Waals surface area contributed by atoms with Gasteiger partial charge >= 0.3 is 0 Å². The van der Waals surface area contributed by atoms with Crippen molar-refractivity contribution < 1.29 is 0 Å². The Labute approximate surface area is 128 Å². The van der Waals surface area contributed by atoms with Crippen LogP contribution in [-0.4, -0.2) is 0 Å². The van der Waals surface area contributed by atoms with Gasteiger partial charge in [0, 0.05) is 11.7 Å². The van der Waals surface area contributed by atoms with E-state index in [-0.39, 0.29) is 6.04 Å². The predicted octanol–water partition coefficient (Wildman–Crippen LogP) is 5.19. The largest absolute Gasteiger partial charge is 0.379 e. The Balaban J connectivity index is 2.14. The molecule has 21 heavy (non-hydrogen) atoms. The fourth-order valence-electron chi connectivity index (χ4n) is 2.61. The number of rotatable bonds is 5. The first-order valence-electron chi connectivity index (χ1n) is 7.63. The van der Waals surface area contributed by atoms with Crippen molar-refractivity contribution in [3.63, 3.8) is 0 Å². The van der Waals surface area contributed by atoms with Crippen LogP contribution in [-0.2, 0) is 6.42 Å². The zero-order valence-corrected chi connectivity index (χ0v) is 13.5. The Kier molecular flexibility index (Phi) is 4.85. The van der Waals surface area contributed by atoms with Crippen molar-refractivity contribution in [2.75, 3.05) is 0 Å². The van der Waals surface area contributed by atoms with Crippen molar-refractivity contribution >= 4 is 5.70 Å². The Morgan fingerprint density at radius 1 is 1.14 bits per heavy atom. The van der Waals surface area contributed by atoms with E-state index < -0.39 is 0 Å². The number of hydrogen-bond acceptors (Lipinski definition) is 1. The smallest absolute Gasteiger partial charge is 0.0485 e. The van der Waals surface area contributed by atoms with Gasteiger partial charge < -0.3 is 5.32 Å². The zero-order valence-electron chi connectivity index (χ0n) is 13.5. The van der Waals surface area contributed by atoms with E-state index >= 15 is 0 Å². The molecule has 2 rings (SSSR count). The highest BCUT2D eigenvalue weighted by atomic mass is 14.9. The third-order valence-electron chi connectivity index (χ3n) is 4.01. The van der Waals surface area contributed by atoms with Crippen LogP contribution in [0.15, 0.2) is 49.0 Å². The second-order valence-electron chi connectivity index (χ2n) is 5.75. The molecular formula is C20H25N. The van der Waals surface area contributed by atoms with Crippen molar-refractivity contribution in [3.8, 4) is 0 Å². The average molecular weight is 279 g/mol. The molecule has 2 aromatic rings. The molecule has 0 aliphatic carbocycles. The lowest BCUT2D eigenvalue weighted by molar-refractivity contribution is 0.701. The van der Waals surface area contributed by atoms with E-state index in [2.05, 4.69) is 82.1 Å². The van der Waals surface area contributed by atoms with Gasteiger partial charge in [-0.05, 0) is 55.5 Å².